The quantitative estimate of drug-likeness (QED) is 0.626. The first-order chi connectivity index (χ1) is 15.6. The first-order valence-electron chi connectivity index (χ1n) is 11.6. The first kappa shape index (κ1) is 22.2. The Morgan fingerprint density at radius 3 is 2.22 bits per heavy atom. The van der Waals surface area contributed by atoms with Gasteiger partial charge in [0.15, 0.2) is 0 Å². The molecule has 168 valence electrons. The van der Waals surface area contributed by atoms with Crippen molar-refractivity contribution in [1.82, 2.24) is 9.80 Å². The number of carbonyl (C=O) groups is 3. The van der Waals surface area contributed by atoms with Crippen molar-refractivity contribution in [1.29, 1.82) is 0 Å². The van der Waals surface area contributed by atoms with E-state index in [9.17, 15) is 14.4 Å². The lowest BCUT2D eigenvalue weighted by Crippen LogP contribution is -2.54. The molecule has 6 heteroatoms. The maximum atomic E-state index is 13.3. The number of amides is 3. The van der Waals surface area contributed by atoms with Crippen molar-refractivity contribution in [3.8, 4) is 0 Å². The minimum absolute atomic E-state index is 0.0152. The van der Waals surface area contributed by atoms with Crippen LogP contribution in [0.3, 0.4) is 0 Å². The van der Waals surface area contributed by atoms with Gasteiger partial charge in [0.1, 0.15) is 6.04 Å². The van der Waals surface area contributed by atoms with E-state index in [0.717, 1.165) is 38.9 Å². The third kappa shape index (κ3) is 4.75. The molecule has 0 spiro atoms. The van der Waals surface area contributed by atoms with Crippen molar-refractivity contribution < 1.29 is 14.4 Å². The number of imide groups is 1. The predicted molar refractivity (Wildman–Crippen MR) is 124 cm³/mol. The van der Waals surface area contributed by atoms with Crippen LogP contribution in [-0.4, -0.2) is 52.7 Å². The van der Waals surface area contributed by atoms with E-state index in [1.807, 2.05) is 31.2 Å². The Bertz CT molecular complexity index is 939. The van der Waals surface area contributed by atoms with E-state index < -0.39 is 6.04 Å². The zero-order valence-electron chi connectivity index (χ0n) is 18.7. The average Bonchev–Trinajstić information content (AvgIpc) is 3.10. The summed E-state index contributed by atoms with van der Waals surface area (Å²) in [5.41, 5.74) is 1.85. The third-order valence-electron chi connectivity index (χ3n) is 6.42. The van der Waals surface area contributed by atoms with Crippen LogP contribution >= 0.6 is 0 Å². The number of piperidine rings is 1. The molecule has 0 bridgehead atoms. The molecule has 0 aromatic heterocycles. The molecule has 2 aromatic rings. The molecule has 2 aliphatic heterocycles. The van der Waals surface area contributed by atoms with Crippen molar-refractivity contribution in [3.63, 3.8) is 0 Å². The topological polar surface area (TPSA) is 60.9 Å². The van der Waals surface area contributed by atoms with Crippen LogP contribution in [0.1, 0.15) is 44.6 Å². The Balaban J connectivity index is 1.48. The number of hydrogen-bond acceptors (Lipinski definition) is 4. The summed E-state index contributed by atoms with van der Waals surface area (Å²) in [7, 11) is 0. The van der Waals surface area contributed by atoms with Crippen LogP contribution in [-0.2, 0) is 20.9 Å². The number of hydrogen-bond donors (Lipinski definition) is 0. The molecule has 6 nitrogen and oxygen atoms in total. The highest BCUT2D eigenvalue weighted by Gasteiger charge is 2.46. The van der Waals surface area contributed by atoms with Crippen LogP contribution in [0.25, 0.3) is 0 Å². The standard InChI is InChI=1S/C26H31N3O3/c1-2-9-24(30)28(22-14-16-27(17-15-22)19-20-10-5-3-6-11-20)23-18-25(31)29(26(23)32)21-12-7-4-8-13-21/h3-8,10-13,22-23H,2,9,14-19H2,1H3. The number of carbonyl (C=O) groups excluding carboxylic acids is 3. The number of likely N-dealkylation sites (tertiary alicyclic amines) is 1. The van der Waals surface area contributed by atoms with Crippen LogP contribution < -0.4 is 4.90 Å². The molecule has 2 aromatic carbocycles. The van der Waals surface area contributed by atoms with E-state index in [1.165, 1.54) is 10.5 Å². The minimum Gasteiger partial charge on any atom is -0.327 e. The van der Waals surface area contributed by atoms with Gasteiger partial charge in [-0.2, -0.15) is 0 Å². The second-order valence-corrected chi connectivity index (χ2v) is 8.67. The molecule has 4 rings (SSSR count). The lowest BCUT2D eigenvalue weighted by Gasteiger charge is -2.40. The molecule has 2 aliphatic rings. The molecule has 0 radical (unpaired) electrons. The highest BCUT2D eigenvalue weighted by atomic mass is 16.2. The summed E-state index contributed by atoms with van der Waals surface area (Å²) in [5.74, 6) is -0.533. The lowest BCUT2D eigenvalue weighted by atomic mass is 9.99. The van der Waals surface area contributed by atoms with Gasteiger partial charge in [0.2, 0.25) is 11.8 Å². The highest BCUT2D eigenvalue weighted by molar-refractivity contribution is 6.23. The van der Waals surface area contributed by atoms with Gasteiger partial charge in [-0.25, -0.2) is 4.90 Å². The number of anilines is 1. The molecule has 32 heavy (non-hydrogen) atoms. The van der Waals surface area contributed by atoms with Gasteiger partial charge in [0, 0.05) is 32.1 Å². The molecule has 2 heterocycles. The molecular formula is C26H31N3O3. The molecule has 2 saturated heterocycles. The highest BCUT2D eigenvalue weighted by Crippen LogP contribution is 2.30. The maximum Gasteiger partial charge on any atom is 0.257 e. The Kier molecular flexibility index (Phi) is 7.00. The third-order valence-corrected chi connectivity index (χ3v) is 6.42. The van der Waals surface area contributed by atoms with Crippen LogP contribution in [0.4, 0.5) is 5.69 Å². The first-order valence-corrected chi connectivity index (χ1v) is 11.6. The smallest absolute Gasteiger partial charge is 0.257 e. The molecule has 0 saturated carbocycles. The molecule has 0 aliphatic carbocycles. The predicted octanol–water partition coefficient (Wildman–Crippen LogP) is 3.61. The lowest BCUT2D eigenvalue weighted by molar-refractivity contribution is -0.142. The summed E-state index contributed by atoms with van der Waals surface area (Å²) in [6, 6.07) is 18.7. The van der Waals surface area contributed by atoms with E-state index in [-0.39, 0.29) is 30.2 Å². The zero-order chi connectivity index (χ0) is 22.5. The normalized spacial score (nSPS) is 20.0. The molecule has 2 fully saturated rings. The number of nitrogens with zero attached hydrogens (tertiary/aromatic N) is 3. The van der Waals surface area contributed by atoms with Gasteiger partial charge in [0.05, 0.1) is 12.1 Å². The summed E-state index contributed by atoms with van der Waals surface area (Å²) in [6.45, 7) is 4.59. The molecule has 1 unspecified atom stereocenters. The summed E-state index contributed by atoms with van der Waals surface area (Å²) >= 11 is 0. The second-order valence-electron chi connectivity index (χ2n) is 8.67. The van der Waals surface area contributed by atoms with Gasteiger partial charge < -0.3 is 4.90 Å². The Morgan fingerprint density at radius 1 is 0.969 bits per heavy atom. The van der Waals surface area contributed by atoms with Crippen LogP contribution in [0, 0.1) is 0 Å². The number of rotatable bonds is 7. The minimum atomic E-state index is -0.701. The summed E-state index contributed by atoms with van der Waals surface area (Å²) in [4.78, 5) is 44.6. The van der Waals surface area contributed by atoms with Gasteiger partial charge >= 0.3 is 0 Å². The fraction of sp³-hybridized carbons (Fsp3) is 0.423. The van der Waals surface area contributed by atoms with Gasteiger partial charge in [0.25, 0.3) is 5.91 Å². The van der Waals surface area contributed by atoms with Gasteiger partial charge in [-0.15, -0.1) is 0 Å². The monoisotopic (exact) mass is 433 g/mol. The zero-order valence-corrected chi connectivity index (χ0v) is 18.7. The number of benzene rings is 2. The van der Waals surface area contributed by atoms with Crippen LogP contribution in [0.5, 0.6) is 0 Å². The molecule has 1 atom stereocenters. The Morgan fingerprint density at radius 2 is 1.59 bits per heavy atom. The van der Waals surface area contributed by atoms with Crippen molar-refractivity contribution in [3.05, 3.63) is 66.2 Å². The van der Waals surface area contributed by atoms with Gasteiger partial charge in [-0.1, -0.05) is 55.5 Å². The Hall–Kier alpha value is -2.99. The Labute approximate surface area is 189 Å². The molecule has 3 amide bonds. The van der Waals surface area contributed by atoms with E-state index in [1.54, 1.807) is 17.0 Å². The van der Waals surface area contributed by atoms with Crippen molar-refractivity contribution in [2.24, 2.45) is 0 Å². The second kappa shape index (κ2) is 10.1. The van der Waals surface area contributed by atoms with Crippen molar-refractivity contribution >= 4 is 23.4 Å². The molecule has 0 N–H and O–H groups in total. The van der Waals surface area contributed by atoms with Crippen LogP contribution in [0.2, 0.25) is 0 Å². The summed E-state index contributed by atoms with van der Waals surface area (Å²) in [6.07, 6.45) is 2.80. The number of para-hydroxylation sites is 1. The van der Waals surface area contributed by atoms with Gasteiger partial charge in [-0.05, 0) is 37.0 Å². The SMILES string of the molecule is CCCC(=O)N(C1CCN(Cc2ccccc2)CC1)C1CC(=O)N(c2ccccc2)C1=O. The fourth-order valence-electron chi connectivity index (χ4n) is 4.85. The van der Waals surface area contributed by atoms with Crippen molar-refractivity contribution in [2.75, 3.05) is 18.0 Å². The van der Waals surface area contributed by atoms with E-state index in [0.29, 0.717) is 12.1 Å². The molecular weight excluding hydrogens is 402 g/mol. The fourth-order valence-corrected chi connectivity index (χ4v) is 4.85. The maximum absolute atomic E-state index is 13.3. The summed E-state index contributed by atoms with van der Waals surface area (Å²) in [5, 5.41) is 0. The van der Waals surface area contributed by atoms with Gasteiger partial charge in [-0.3, -0.25) is 19.3 Å². The van der Waals surface area contributed by atoms with Crippen LogP contribution in [0.15, 0.2) is 60.7 Å². The van der Waals surface area contributed by atoms with E-state index >= 15 is 0 Å². The summed E-state index contributed by atoms with van der Waals surface area (Å²) < 4.78 is 0. The van der Waals surface area contributed by atoms with E-state index in [4.69, 9.17) is 0 Å². The average molecular weight is 434 g/mol. The van der Waals surface area contributed by atoms with Crippen molar-refractivity contribution in [2.45, 2.75) is 57.7 Å². The van der Waals surface area contributed by atoms with E-state index in [2.05, 4.69) is 29.2 Å². The largest absolute Gasteiger partial charge is 0.327 e.